The molecule has 138 valence electrons. The SMILES string of the molecule is Cc1ccc(CNC(=O)NCC(=O)Nc2ccc(-n3cncn3)cc2)cc1. The summed E-state index contributed by atoms with van der Waals surface area (Å²) in [5.74, 6) is -0.311. The normalized spacial score (nSPS) is 10.3. The van der Waals surface area contributed by atoms with Gasteiger partial charge in [0.05, 0.1) is 12.2 Å². The monoisotopic (exact) mass is 364 g/mol. The number of amides is 3. The molecule has 0 fully saturated rings. The van der Waals surface area contributed by atoms with Crippen LogP contribution >= 0.6 is 0 Å². The van der Waals surface area contributed by atoms with Gasteiger partial charge in [-0.25, -0.2) is 14.5 Å². The Bertz CT molecular complexity index is 889. The van der Waals surface area contributed by atoms with Gasteiger partial charge in [0.25, 0.3) is 0 Å². The van der Waals surface area contributed by atoms with Crippen LogP contribution in [0.15, 0.2) is 61.2 Å². The zero-order valence-electron chi connectivity index (χ0n) is 14.8. The summed E-state index contributed by atoms with van der Waals surface area (Å²) in [6.07, 6.45) is 3.04. The molecule has 1 heterocycles. The molecule has 0 saturated heterocycles. The molecule has 0 aliphatic carbocycles. The number of rotatable bonds is 6. The van der Waals surface area contributed by atoms with Crippen LogP contribution in [0.25, 0.3) is 5.69 Å². The Hall–Kier alpha value is -3.68. The summed E-state index contributed by atoms with van der Waals surface area (Å²) in [5, 5.41) is 12.0. The molecule has 8 nitrogen and oxygen atoms in total. The summed E-state index contributed by atoms with van der Waals surface area (Å²) in [6.45, 7) is 2.28. The lowest BCUT2D eigenvalue weighted by molar-refractivity contribution is -0.115. The van der Waals surface area contributed by atoms with Crippen LogP contribution in [-0.4, -0.2) is 33.2 Å². The van der Waals surface area contributed by atoms with Gasteiger partial charge in [0.1, 0.15) is 12.7 Å². The summed E-state index contributed by atoms with van der Waals surface area (Å²) < 4.78 is 1.62. The van der Waals surface area contributed by atoms with Crippen LogP contribution in [0.1, 0.15) is 11.1 Å². The lowest BCUT2D eigenvalue weighted by atomic mass is 10.1. The van der Waals surface area contributed by atoms with E-state index < -0.39 is 6.03 Å². The van der Waals surface area contributed by atoms with Crippen LogP contribution in [0.5, 0.6) is 0 Å². The van der Waals surface area contributed by atoms with Crippen molar-refractivity contribution in [1.82, 2.24) is 25.4 Å². The first-order valence-corrected chi connectivity index (χ1v) is 8.42. The van der Waals surface area contributed by atoms with E-state index in [-0.39, 0.29) is 12.5 Å². The Labute approximate surface area is 156 Å². The molecule has 0 spiro atoms. The maximum atomic E-state index is 12.0. The van der Waals surface area contributed by atoms with Crippen molar-refractivity contribution in [3.8, 4) is 5.69 Å². The molecule has 0 radical (unpaired) electrons. The highest BCUT2D eigenvalue weighted by Gasteiger charge is 2.06. The third-order valence-corrected chi connectivity index (χ3v) is 3.82. The number of carbonyl (C=O) groups is 2. The van der Waals surface area contributed by atoms with Crippen LogP contribution in [-0.2, 0) is 11.3 Å². The number of nitrogens with one attached hydrogen (secondary N) is 3. The quantitative estimate of drug-likeness (QED) is 0.623. The van der Waals surface area contributed by atoms with Crippen molar-refractivity contribution in [2.24, 2.45) is 0 Å². The first-order valence-electron chi connectivity index (χ1n) is 8.42. The van der Waals surface area contributed by atoms with Crippen molar-refractivity contribution >= 4 is 17.6 Å². The predicted molar refractivity (Wildman–Crippen MR) is 101 cm³/mol. The molecule has 0 aliphatic rings. The number of hydrogen-bond donors (Lipinski definition) is 3. The number of carbonyl (C=O) groups excluding carboxylic acids is 2. The topological polar surface area (TPSA) is 101 Å². The molecule has 3 amide bonds. The Kier molecular flexibility index (Phi) is 5.78. The van der Waals surface area contributed by atoms with Gasteiger partial charge in [-0.1, -0.05) is 29.8 Å². The van der Waals surface area contributed by atoms with Gasteiger partial charge in [-0.05, 0) is 36.8 Å². The third kappa shape index (κ3) is 5.40. The van der Waals surface area contributed by atoms with E-state index in [1.807, 2.05) is 43.3 Å². The Morgan fingerprint density at radius 1 is 1.00 bits per heavy atom. The fourth-order valence-electron chi connectivity index (χ4n) is 2.36. The van der Waals surface area contributed by atoms with E-state index in [2.05, 4.69) is 26.0 Å². The van der Waals surface area contributed by atoms with Crippen molar-refractivity contribution in [3.63, 3.8) is 0 Å². The zero-order valence-corrected chi connectivity index (χ0v) is 14.8. The van der Waals surface area contributed by atoms with Gasteiger partial charge in [-0.3, -0.25) is 4.79 Å². The highest BCUT2D eigenvalue weighted by molar-refractivity contribution is 5.94. The van der Waals surface area contributed by atoms with E-state index >= 15 is 0 Å². The fourth-order valence-corrected chi connectivity index (χ4v) is 2.36. The van der Waals surface area contributed by atoms with E-state index in [4.69, 9.17) is 0 Å². The molecule has 0 aliphatic heterocycles. The zero-order chi connectivity index (χ0) is 19.1. The average Bonchev–Trinajstić information content (AvgIpc) is 3.21. The second kappa shape index (κ2) is 8.61. The third-order valence-electron chi connectivity index (χ3n) is 3.82. The van der Waals surface area contributed by atoms with Crippen molar-refractivity contribution in [3.05, 3.63) is 72.3 Å². The molecule has 0 unspecified atom stereocenters. The van der Waals surface area contributed by atoms with E-state index in [1.165, 1.54) is 6.33 Å². The lowest BCUT2D eigenvalue weighted by Crippen LogP contribution is -2.39. The van der Waals surface area contributed by atoms with Gasteiger partial charge in [0.15, 0.2) is 0 Å². The van der Waals surface area contributed by atoms with Gasteiger partial charge in [0.2, 0.25) is 5.91 Å². The average molecular weight is 364 g/mol. The molecule has 3 aromatic rings. The summed E-state index contributed by atoms with van der Waals surface area (Å²) in [7, 11) is 0. The minimum atomic E-state index is -0.396. The summed E-state index contributed by atoms with van der Waals surface area (Å²) >= 11 is 0. The van der Waals surface area contributed by atoms with Gasteiger partial charge in [-0.15, -0.1) is 0 Å². The van der Waals surface area contributed by atoms with Crippen LogP contribution in [0.2, 0.25) is 0 Å². The van der Waals surface area contributed by atoms with Crippen LogP contribution in [0.4, 0.5) is 10.5 Å². The second-order valence-electron chi connectivity index (χ2n) is 5.96. The highest BCUT2D eigenvalue weighted by Crippen LogP contribution is 2.11. The van der Waals surface area contributed by atoms with Gasteiger partial charge in [-0.2, -0.15) is 5.10 Å². The van der Waals surface area contributed by atoms with Crippen LogP contribution in [0, 0.1) is 6.92 Å². The number of nitrogens with zero attached hydrogens (tertiary/aromatic N) is 3. The van der Waals surface area contributed by atoms with Crippen molar-refractivity contribution in [2.45, 2.75) is 13.5 Å². The Balaban J connectivity index is 1.41. The minimum Gasteiger partial charge on any atom is -0.334 e. The fraction of sp³-hybridized carbons (Fsp3) is 0.158. The highest BCUT2D eigenvalue weighted by atomic mass is 16.2. The second-order valence-corrected chi connectivity index (χ2v) is 5.96. The molecule has 0 bridgehead atoms. The Morgan fingerprint density at radius 2 is 1.74 bits per heavy atom. The number of aryl methyl sites for hydroxylation is 1. The molecule has 0 saturated carbocycles. The number of urea groups is 1. The van der Waals surface area contributed by atoms with Crippen molar-refractivity contribution in [2.75, 3.05) is 11.9 Å². The number of benzene rings is 2. The molecule has 8 heteroatoms. The standard InChI is InChI=1S/C19H20N6O2/c1-14-2-4-15(5-3-14)10-21-19(27)22-11-18(26)24-16-6-8-17(9-7-16)25-13-20-12-23-25/h2-9,12-13H,10-11H2,1H3,(H,24,26)(H2,21,22,27). The smallest absolute Gasteiger partial charge is 0.315 e. The summed E-state index contributed by atoms with van der Waals surface area (Å²) in [4.78, 5) is 27.6. The molecular formula is C19H20N6O2. The van der Waals surface area contributed by atoms with Gasteiger partial charge >= 0.3 is 6.03 Å². The van der Waals surface area contributed by atoms with Gasteiger partial charge in [0, 0.05) is 12.2 Å². The predicted octanol–water partition coefficient (Wildman–Crippen LogP) is 2.01. The van der Waals surface area contributed by atoms with E-state index in [9.17, 15) is 9.59 Å². The van der Waals surface area contributed by atoms with Crippen LogP contribution in [0.3, 0.4) is 0 Å². The first-order chi connectivity index (χ1) is 13.1. The largest absolute Gasteiger partial charge is 0.334 e. The molecule has 3 rings (SSSR count). The Morgan fingerprint density at radius 3 is 2.41 bits per heavy atom. The lowest BCUT2D eigenvalue weighted by Gasteiger charge is -2.09. The number of aromatic nitrogens is 3. The molecule has 27 heavy (non-hydrogen) atoms. The van der Waals surface area contributed by atoms with E-state index in [0.717, 1.165) is 16.8 Å². The van der Waals surface area contributed by atoms with E-state index in [1.54, 1.807) is 23.1 Å². The number of hydrogen-bond acceptors (Lipinski definition) is 4. The number of anilines is 1. The maximum Gasteiger partial charge on any atom is 0.315 e. The van der Waals surface area contributed by atoms with Crippen LogP contribution < -0.4 is 16.0 Å². The molecule has 1 aromatic heterocycles. The summed E-state index contributed by atoms with van der Waals surface area (Å²) in [6, 6.07) is 14.6. The maximum absolute atomic E-state index is 12.0. The first kappa shape index (κ1) is 18.1. The summed E-state index contributed by atoms with van der Waals surface area (Å²) in [5.41, 5.74) is 3.62. The van der Waals surface area contributed by atoms with Gasteiger partial charge < -0.3 is 16.0 Å². The molecular weight excluding hydrogens is 344 g/mol. The van der Waals surface area contributed by atoms with Crippen molar-refractivity contribution < 1.29 is 9.59 Å². The molecule has 2 aromatic carbocycles. The minimum absolute atomic E-state index is 0.120. The molecule has 0 atom stereocenters. The van der Waals surface area contributed by atoms with Crippen molar-refractivity contribution in [1.29, 1.82) is 0 Å². The molecule has 3 N–H and O–H groups in total. The van der Waals surface area contributed by atoms with E-state index in [0.29, 0.717) is 12.2 Å².